The van der Waals surface area contributed by atoms with Gasteiger partial charge in [0.15, 0.2) is 0 Å². The lowest BCUT2D eigenvalue weighted by Crippen LogP contribution is -2.37. The molecule has 2 N–H and O–H groups in total. The highest BCUT2D eigenvalue weighted by Gasteiger charge is 2.21. The molecule has 1 heterocycles. The average Bonchev–Trinajstić information content (AvgIpc) is 2.96. The van der Waals surface area contributed by atoms with Crippen molar-refractivity contribution in [3.63, 3.8) is 0 Å². The van der Waals surface area contributed by atoms with Crippen LogP contribution in [0.15, 0.2) is 24.3 Å². The van der Waals surface area contributed by atoms with Crippen LogP contribution in [-0.4, -0.2) is 37.4 Å². The molecule has 1 aliphatic rings. The Morgan fingerprint density at radius 2 is 1.95 bits per heavy atom. The van der Waals surface area contributed by atoms with E-state index >= 15 is 0 Å². The molecule has 2 rings (SSSR count). The van der Waals surface area contributed by atoms with Gasteiger partial charge in [-0.25, -0.2) is 0 Å². The van der Waals surface area contributed by atoms with Crippen LogP contribution in [0.3, 0.4) is 0 Å². The molecule has 0 saturated carbocycles. The third-order valence-electron chi connectivity index (χ3n) is 3.31. The van der Waals surface area contributed by atoms with Crippen LogP contribution < -0.4 is 15.5 Å². The maximum Gasteiger partial charge on any atom is 0.251 e. The minimum absolute atomic E-state index is 0.0994. The van der Waals surface area contributed by atoms with Crippen molar-refractivity contribution >= 4 is 23.4 Å². The zero-order chi connectivity index (χ0) is 15.9. The molecule has 6 nitrogen and oxygen atoms in total. The predicted molar refractivity (Wildman–Crippen MR) is 82.2 cm³/mol. The minimum Gasteiger partial charge on any atom is -0.344 e. The van der Waals surface area contributed by atoms with Crippen LogP contribution >= 0.6 is 0 Å². The normalized spacial score (nSPS) is 13.6. The molecular formula is C16H17N3O3. The summed E-state index contributed by atoms with van der Waals surface area (Å²) < 4.78 is 0. The Kier molecular flexibility index (Phi) is 5.15. The first-order chi connectivity index (χ1) is 10.6. The third-order valence-corrected chi connectivity index (χ3v) is 3.31. The van der Waals surface area contributed by atoms with Crippen LogP contribution in [0.25, 0.3) is 0 Å². The van der Waals surface area contributed by atoms with Gasteiger partial charge in [0.25, 0.3) is 5.91 Å². The van der Waals surface area contributed by atoms with Crippen molar-refractivity contribution < 1.29 is 14.4 Å². The van der Waals surface area contributed by atoms with E-state index in [4.69, 9.17) is 6.42 Å². The van der Waals surface area contributed by atoms with Gasteiger partial charge in [0, 0.05) is 24.2 Å². The van der Waals surface area contributed by atoms with Crippen molar-refractivity contribution in [2.24, 2.45) is 0 Å². The Morgan fingerprint density at radius 3 is 2.55 bits per heavy atom. The Bertz CT molecular complexity index is 617. The van der Waals surface area contributed by atoms with Gasteiger partial charge in [-0.2, -0.15) is 0 Å². The Balaban J connectivity index is 1.90. The molecule has 0 radical (unpaired) electrons. The fourth-order valence-electron chi connectivity index (χ4n) is 2.19. The molecule has 1 aromatic carbocycles. The van der Waals surface area contributed by atoms with E-state index in [2.05, 4.69) is 16.6 Å². The molecular weight excluding hydrogens is 282 g/mol. The van der Waals surface area contributed by atoms with Gasteiger partial charge in [-0.15, -0.1) is 6.42 Å². The van der Waals surface area contributed by atoms with Crippen molar-refractivity contribution in [1.29, 1.82) is 0 Å². The van der Waals surface area contributed by atoms with Crippen LogP contribution in [0.5, 0.6) is 0 Å². The highest BCUT2D eigenvalue weighted by molar-refractivity contribution is 5.98. The summed E-state index contributed by atoms with van der Waals surface area (Å²) in [6, 6.07) is 6.73. The zero-order valence-electron chi connectivity index (χ0n) is 12.1. The van der Waals surface area contributed by atoms with E-state index in [1.165, 1.54) is 0 Å². The van der Waals surface area contributed by atoms with Gasteiger partial charge in [-0.1, -0.05) is 5.92 Å². The van der Waals surface area contributed by atoms with Gasteiger partial charge >= 0.3 is 0 Å². The number of hydrogen-bond donors (Lipinski definition) is 2. The van der Waals surface area contributed by atoms with Gasteiger partial charge in [-0.05, 0) is 30.7 Å². The van der Waals surface area contributed by atoms with Crippen LogP contribution in [0, 0.1) is 12.3 Å². The van der Waals surface area contributed by atoms with E-state index in [9.17, 15) is 14.4 Å². The van der Waals surface area contributed by atoms with E-state index in [1.54, 1.807) is 29.2 Å². The highest BCUT2D eigenvalue weighted by Crippen LogP contribution is 2.21. The molecule has 114 valence electrons. The number of terminal acetylenes is 1. The number of nitrogens with zero attached hydrogens (tertiary/aromatic N) is 1. The molecule has 1 saturated heterocycles. The van der Waals surface area contributed by atoms with Gasteiger partial charge in [0.05, 0.1) is 13.1 Å². The zero-order valence-corrected chi connectivity index (χ0v) is 12.1. The fourth-order valence-corrected chi connectivity index (χ4v) is 2.19. The summed E-state index contributed by atoms with van der Waals surface area (Å²) in [6.07, 6.45) is 6.44. The number of rotatable bonds is 5. The van der Waals surface area contributed by atoms with Gasteiger partial charge in [0.2, 0.25) is 11.8 Å². The second-order valence-electron chi connectivity index (χ2n) is 4.86. The Morgan fingerprint density at radius 1 is 1.23 bits per heavy atom. The molecule has 0 aromatic heterocycles. The summed E-state index contributed by atoms with van der Waals surface area (Å²) in [7, 11) is 0. The van der Waals surface area contributed by atoms with Crippen LogP contribution in [0.1, 0.15) is 23.2 Å². The van der Waals surface area contributed by atoms with Crippen LogP contribution in [0.4, 0.5) is 5.69 Å². The summed E-state index contributed by atoms with van der Waals surface area (Å²) in [4.78, 5) is 36.6. The second-order valence-corrected chi connectivity index (χ2v) is 4.86. The molecule has 0 atom stereocenters. The Labute approximate surface area is 128 Å². The lowest BCUT2D eigenvalue weighted by molar-refractivity contribution is -0.120. The van der Waals surface area contributed by atoms with Gasteiger partial charge < -0.3 is 15.5 Å². The predicted octanol–water partition coefficient (Wildman–Crippen LogP) is 0.293. The monoisotopic (exact) mass is 299 g/mol. The van der Waals surface area contributed by atoms with E-state index in [0.29, 0.717) is 18.5 Å². The third kappa shape index (κ3) is 3.85. The van der Waals surface area contributed by atoms with Crippen LogP contribution in [-0.2, 0) is 9.59 Å². The molecule has 0 unspecified atom stereocenters. The quantitative estimate of drug-likeness (QED) is 0.767. The number of hydrogen-bond acceptors (Lipinski definition) is 3. The van der Waals surface area contributed by atoms with Gasteiger partial charge in [-0.3, -0.25) is 14.4 Å². The SMILES string of the molecule is C#CCNC(=O)CNC(=O)c1ccc(N2CCCC2=O)cc1. The second kappa shape index (κ2) is 7.27. The fraction of sp³-hybridized carbons (Fsp3) is 0.312. The number of amides is 3. The van der Waals surface area contributed by atoms with Crippen molar-refractivity contribution in [1.82, 2.24) is 10.6 Å². The van der Waals surface area contributed by atoms with Crippen LogP contribution in [0.2, 0.25) is 0 Å². The molecule has 0 aliphatic carbocycles. The molecule has 0 bridgehead atoms. The van der Waals surface area contributed by atoms with Crippen molar-refractivity contribution in [3.05, 3.63) is 29.8 Å². The molecule has 1 fully saturated rings. The van der Waals surface area contributed by atoms with Gasteiger partial charge in [0.1, 0.15) is 0 Å². The number of carbonyl (C=O) groups is 3. The molecule has 6 heteroatoms. The van der Waals surface area contributed by atoms with Crippen molar-refractivity contribution in [2.75, 3.05) is 24.5 Å². The number of benzene rings is 1. The number of carbonyl (C=O) groups excluding carboxylic acids is 3. The average molecular weight is 299 g/mol. The molecule has 1 aliphatic heterocycles. The number of nitrogens with one attached hydrogen (secondary N) is 2. The first-order valence-electron chi connectivity index (χ1n) is 7.00. The highest BCUT2D eigenvalue weighted by atomic mass is 16.2. The number of anilines is 1. The van der Waals surface area contributed by atoms with E-state index in [0.717, 1.165) is 12.1 Å². The van der Waals surface area contributed by atoms with E-state index in [-0.39, 0.29) is 30.8 Å². The summed E-state index contributed by atoms with van der Waals surface area (Å²) in [5, 5.41) is 4.96. The molecule has 1 aromatic rings. The molecule has 22 heavy (non-hydrogen) atoms. The standard InChI is InChI=1S/C16H17N3O3/c1-2-9-17-14(20)11-18-16(22)12-5-7-13(8-6-12)19-10-3-4-15(19)21/h1,5-8H,3-4,9-11H2,(H,17,20)(H,18,22). The first-order valence-corrected chi connectivity index (χ1v) is 7.00. The molecule has 3 amide bonds. The lowest BCUT2D eigenvalue weighted by Gasteiger charge is -2.15. The molecule has 0 spiro atoms. The lowest BCUT2D eigenvalue weighted by atomic mass is 10.2. The first kappa shape index (κ1) is 15.6. The largest absolute Gasteiger partial charge is 0.344 e. The van der Waals surface area contributed by atoms with E-state index < -0.39 is 0 Å². The summed E-state index contributed by atoms with van der Waals surface area (Å²) in [5.41, 5.74) is 1.21. The summed E-state index contributed by atoms with van der Waals surface area (Å²) in [5.74, 6) is 1.68. The summed E-state index contributed by atoms with van der Waals surface area (Å²) in [6.45, 7) is 0.708. The Hall–Kier alpha value is -2.81. The minimum atomic E-state index is -0.352. The maximum absolute atomic E-state index is 11.9. The van der Waals surface area contributed by atoms with E-state index in [1.807, 2.05) is 0 Å². The topological polar surface area (TPSA) is 78.5 Å². The van der Waals surface area contributed by atoms with Crippen molar-refractivity contribution in [3.8, 4) is 12.3 Å². The van der Waals surface area contributed by atoms with Crippen molar-refractivity contribution in [2.45, 2.75) is 12.8 Å². The smallest absolute Gasteiger partial charge is 0.251 e. The summed E-state index contributed by atoms with van der Waals surface area (Å²) >= 11 is 0. The maximum atomic E-state index is 11.9.